The molecule has 132 valence electrons. The first-order valence-corrected chi connectivity index (χ1v) is 10.1. The Morgan fingerprint density at radius 2 is 1.78 bits per heavy atom. The number of nitrogens with zero attached hydrogens (tertiary/aromatic N) is 2. The fourth-order valence-electron chi connectivity index (χ4n) is 2.96. The Labute approximate surface area is 138 Å². The zero-order valence-electron chi connectivity index (χ0n) is 14.0. The van der Waals surface area contributed by atoms with Crippen LogP contribution < -0.4 is 5.32 Å². The number of urea groups is 1. The van der Waals surface area contributed by atoms with Gasteiger partial charge in [-0.05, 0) is 18.8 Å². The maximum Gasteiger partial charge on any atom is 0.320 e. The summed E-state index contributed by atoms with van der Waals surface area (Å²) in [6.07, 6.45) is 1.91. The molecule has 1 atom stereocenters. The molecule has 2 fully saturated rings. The zero-order chi connectivity index (χ0) is 17.0. The normalized spacial score (nSPS) is 24.6. The number of carbonyl (C=O) groups is 2. The number of likely N-dealkylation sites (tertiary alicyclic amines) is 1. The predicted molar refractivity (Wildman–Crippen MR) is 87.8 cm³/mol. The number of piperidine rings is 1. The van der Waals surface area contributed by atoms with Crippen molar-refractivity contribution in [1.82, 2.24) is 15.1 Å². The van der Waals surface area contributed by atoms with Crippen LogP contribution in [0.2, 0.25) is 0 Å². The van der Waals surface area contributed by atoms with Crippen LogP contribution in [-0.2, 0) is 14.6 Å². The third-order valence-electron chi connectivity index (χ3n) is 4.49. The van der Waals surface area contributed by atoms with E-state index in [0.29, 0.717) is 19.6 Å². The maximum atomic E-state index is 12.5. The Kier molecular flexibility index (Phi) is 5.89. The van der Waals surface area contributed by atoms with Crippen LogP contribution in [0.4, 0.5) is 4.79 Å². The summed E-state index contributed by atoms with van der Waals surface area (Å²) >= 11 is 0. The molecule has 0 aromatic carbocycles. The van der Waals surface area contributed by atoms with Crippen LogP contribution in [-0.4, -0.2) is 74.4 Å². The Hall–Kier alpha value is -1.31. The molecule has 0 bridgehead atoms. The first-order chi connectivity index (χ1) is 10.8. The Bertz CT molecular complexity index is 533. The van der Waals surface area contributed by atoms with Gasteiger partial charge in [-0.25, -0.2) is 13.2 Å². The highest BCUT2D eigenvalue weighted by molar-refractivity contribution is 7.91. The first kappa shape index (κ1) is 18.0. The fourth-order valence-corrected chi connectivity index (χ4v) is 4.16. The average molecular weight is 345 g/mol. The SMILES string of the molecule is CC(C)C(=O)NCC1CCCN(C(=O)N2CCS(=O)(=O)CC2)C1. The van der Waals surface area contributed by atoms with Gasteiger partial charge in [0.05, 0.1) is 11.5 Å². The molecule has 0 saturated carbocycles. The van der Waals surface area contributed by atoms with E-state index in [1.54, 1.807) is 9.80 Å². The fraction of sp³-hybridized carbons (Fsp3) is 0.867. The van der Waals surface area contributed by atoms with Crippen LogP contribution in [0.1, 0.15) is 26.7 Å². The van der Waals surface area contributed by atoms with Gasteiger partial charge >= 0.3 is 6.03 Å². The van der Waals surface area contributed by atoms with E-state index in [4.69, 9.17) is 0 Å². The molecule has 0 aliphatic carbocycles. The van der Waals surface area contributed by atoms with Gasteiger partial charge in [-0.2, -0.15) is 0 Å². The molecule has 2 rings (SSSR count). The van der Waals surface area contributed by atoms with Crippen molar-refractivity contribution < 1.29 is 18.0 Å². The molecular weight excluding hydrogens is 318 g/mol. The minimum atomic E-state index is -2.98. The second-order valence-corrected chi connectivity index (χ2v) is 9.08. The quantitative estimate of drug-likeness (QED) is 0.798. The summed E-state index contributed by atoms with van der Waals surface area (Å²) in [6, 6.07) is -0.0696. The smallest absolute Gasteiger partial charge is 0.320 e. The summed E-state index contributed by atoms with van der Waals surface area (Å²) in [7, 11) is -2.98. The molecule has 8 heteroatoms. The lowest BCUT2D eigenvalue weighted by molar-refractivity contribution is -0.124. The minimum absolute atomic E-state index is 0.0355. The van der Waals surface area contributed by atoms with E-state index in [2.05, 4.69) is 5.32 Å². The number of nitrogens with one attached hydrogen (secondary N) is 1. The topological polar surface area (TPSA) is 86.8 Å². The Morgan fingerprint density at radius 1 is 1.13 bits per heavy atom. The highest BCUT2D eigenvalue weighted by Crippen LogP contribution is 2.18. The molecule has 3 amide bonds. The third-order valence-corrected chi connectivity index (χ3v) is 6.10. The monoisotopic (exact) mass is 345 g/mol. The number of hydrogen-bond acceptors (Lipinski definition) is 4. The minimum Gasteiger partial charge on any atom is -0.356 e. The lowest BCUT2D eigenvalue weighted by Gasteiger charge is -2.37. The van der Waals surface area contributed by atoms with Crippen LogP contribution in [0.5, 0.6) is 0 Å². The van der Waals surface area contributed by atoms with Gasteiger partial charge in [0.2, 0.25) is 5.91 Å². The molecule has 0 aromatic heterocycles. The summed E-state index contributed by atoms with van der Waals surface area (Å²) in [5.74, 6) is 0.381. The molecule has 0 radical (unpaired) electrons. The largest absolute Gasteiger partial charge is 0.356 e. The van der Waals surface area contributed by atoms with E-state index in [0.717, 1.165) is 12.8 Å². The van der Waals surface area contributed by atoms with Crippen LogP contribution in [0, 0.1) is 11.8 Å². The van der Waals surface area contributed by atoms with Crippen molar-refractivity contribution in [2.75, 3.05) is 44.2 Å². The highest BCUT2D eigenvalue weighted by Gasteiger charge is 2.31. The molecular formula is C15H27N3O4S. The van der Waals surface area contributed by atoms with Crippen molar-refractivity contribution in [3.8, 4) is 0 Å². The molecule has 2 aliphatic heterocycles. The van der Waals surface area contributed by atoms with Gasteiger partial charge in [0, 0.05) is 38.6 Å². The zero-order valence-corrected chi connectivity index (χ0v) is 14.8. The van der Waals surface area contributed by atoms with Crippen molar-refractivity contribution in [3.05, 3.63) is 0 Å². The van der Waals surface area contributed by atoms with E-state index in [-0.39, 0.29) is 48.4 Å². The first-order valence-electron chi connectivity index (χ1n) is 8.30. The molecule has 1 unspecified atom stereocenters. The van der Waals surface area contributed by atoms with E-state index < -0.39 is 9.84 Å². The Balaban J connectivity index is 1.83. The van der Waals surface area contributed by atoms with Gasteiger partial charge in [-0.1, -0.05) is 13.8 Å². The third kappa shape index (κ3) is 5.09. The van der Waals surface area contributed by atoms with E-state index in [1.807, 2.05) is 13.8 Å². The molecule has 2 saturated heterocycles. The summed E-state index contributed by atoms with van der Waals surface area (Å²) < 4.78 is 22.9. The predicted octanol–water partition coefficient (Wildman–Crippen LogP) is 0.321. The second kappa shape index (κ2) is 7.51. The van der Waals surface area contributed by atoms with Gasteiger partial charge in [0.15, 0.2) is 9.84 Å². The molecule has 2 heterocycles. The van der Waals surface area contributed by atoms with Crippen molar-refractivity contribution in [3.63, 3.8) is 0 Å². The van der Waals surface area contributed by atoms with Crippen molar-refractivity contribution >= 4 is 21.8 Å². The van der Waals surface area contributed by atoms with Gasteiger partial charge in [-0.15, -0.1) is 0 Å². The summed E-state index contributed by atoms with van der Waals surface area (Å²) in [5, 5.41) is 2.93. The van der Waals surface area contributed by atoms with Crippen LogP contribution in [0.25, 0.3) is 0 Å². The van der Waals surface area contributed by atoms with E-state index in [1.165, 1.54) is 0 Å². The molecule has 0 spiro atoms. The number of hydrogen-bond donors (Lipinski definition) is 1. The van der Waals surface area contributed by atoms with E-state index in [9.17, 15) is 18.0 Å². The number of carbonyl (C=O) groups excluding carboxylic acids is 2. The van der Waals surface area contributed by atoms with Gasteiger partial charge in [-0.3, -0.25) is 4.79 Å². The molecule has 0 aromatic rings. The van der Waals surface area contributed by atoms with Crippen LogP contribution in [0.15, 0.2) is 0 Å². The highest BCUT2D eigenvalue weighted by atomic mass is 32.2. The average Bonchev–Trinajstić information content (AvgIpc) is 2.52. The molecule has 1 N–H and O–H groups in total. The standard InChI is InChI=1S/C15H27N3O4S/c1-12(2)14(19)16-10-13-4-3-5-18(11-13)15(20)17-6-8-23(21,22)9-7-17/h12-13H,3-11H2,1-2H3,(H,16,19). The molecule has 2 aliphatic rings. The van der Waals surface area contributed by atoms with Gasteiger partial charge in [0.1, 0.15) is 0 Å². The lowest BCUT2D eigenvalue weighted by atomic mass is 9.98. The summed E-state index contributed by atoms with van der Waals surface area (Å²) in [5.41, 5.74) is 0. The summed E-state index contributed by atoms with van der Waals surface area (Å²) in [6.45, 7) is 6.21. The number of rotatable bonds is 3. The van der Waals surface area contributed by atoms with Gasteiger partial charge < -0.3 is 15.1 Å². The van der Waals surface area contributed by atoms with Crippen molar-refractivity contribution in [2.45, 2.75) is 26.7 Å². The van der Waals surface area contributed by atoms with Crippen LogP contribution >= 0.6 is 0 Å². The molecule has 7 nitrogen and oxygen atoms in total. The maximum absolute atomic E-state index is 12.5. The summed E-state index contributed by atoms with van der Waals surface area (Å²) in [4.78, 5) is 27.6. The van der Waals surface area contributed by atoms with Crippen molar-refractivity contribution in [1.29, 1.82) is 0 Å². The Morgan fingerprint density at radius 3 is 2.39 bits per heavy atom. The molecule has 23 heavy (non-hydrogen) atoms. The van der Waals surface area contributed by atoms with E-state index >= 15 is 0 Å². The van der Waals surface area contributed by atoms with Gasteiger partial charge in [0.25, 0.3) is 0 Å². The van der Waals surface area contributed by atoms with Crippen LogP contribution in [0.3, 0.4) is 0 Å². The lowest BCUT2D eigenvalue weighted by Crippen LogP contribution is -2.53. The number of amides is 3. The number of sulfone groups is 1. The van der Waals surface area contributed by atoms with Crippen molar-refractivity contribution in [2.24, 2.45) is 11.8 Å². The second-order valence-electron chi connectivity index (χ2n) is 6.78.